The summed E-state index contributed by atoms with van der Waals surface area (Å²) in [5, 5.41) is 2.90. The molecular weight excluding hydrogens is 214 g/mol. The zero-order valence-electron chi connectivity index (χ0n) is 8.23. The second-order valence-corrected chi connectivity index (χ2v) is 4.60. The normalized spacial score (nSPS) is 21.2. The number of carbonyl (C=O) groups excluding carboxylic acids is 1. The number of oxazole rings is 1. The lowest BCUT2D eigenvalue weighted by atomic mass is 10.2. The molecule has 1 atom stereocenters. The van der Waals surface area contributed by atoms with Crippen LogP contribution in [0.1, 0.15) is 23.4 Å². The van der Waals surface area contributed by atoms with Crippen LogP contribution in [0.15, 0.2) is 10.6 Å². The minimum Gasteiger partial charge on any atom is -0.418 e. The van der Waals surface area contributed by atoms with Crippen molar-refractivity contribution in [3.63, 3.8) is 0 Å². The largest absolute Gasteiger partial charge is 0.418 e. The van der Waals surface area contributed by atoms with Gasteiger partial charge in [0.25, 0.3) is 11.9 Å². The zero-order valence-corrected chi connectivity index (χ0v) is 9.05. The van der Waals surface area contributed by atoms with Crippen LogP contribution in [-0.2, 0) is 0 Å². The van der Waals surface area contributed by atoms with Crippen LogP contribution in [0.25, 0.3) is 0 Å². The number of nitrogens with two attached hydrogens (primary N) is 1. The lowest BCUT2D eigenvalue weighted by Gasteiger charge is -2.21. The van der Waals surface area contributed by atoms with E-state index in [0.717, 1.165) is 18.6 Å². The van der Waals surface area contributed by atoms with Crippen LogP contribution < -0.4 is 11.1 Å². The van der Waals surface area contributed by atoms with E-state index in [4.69, 9.17) is 10.2 Å². The van der Waals surface area contributed by atoms with Gasteiger partial charge in [-0.25, -0.2) is 4.98 Å². The van der Waals surface area contributed by atoms with Gasteiger partial charge < -0.3 is 15.5 Å². The molecule has 0 saturated carbocycles. The molecule has 0 aromatic carbocycles. The van der Waals surface area contributed by atoms with Crippen LogP contribution in [0, 0.1) is 0 Å². The number of hydrogen-bond acceptors (Lipinski definition) is 5. The summed E-state index contributed by atoms with van der Waals surface area (Å²) in [6.07, 6.45) is 3.52. The van der Waals surface area contributed by atoms with Gasteiger partial charge in [0.1, 0.15) is 0 Å². The first-order chi connectivity index (χ1) is 7.25. The van der Waals surface area contributed by atoms with E-state index in [9.17, 15) is 4.79 Å². The molecule has 2 rings (SSSR count). The number of nitrogens with zero attached hydrogens (tertiary/aromatic N) is 1. The lowest BCUT2D eigenvalue weighted by molar-refractivity contribution is 0.0911. The second kappa shape index (κ2) is 4.57. The molecule has 3 N–H and O–H groups in total. The van der Waals surface area contributed by atoms with Crippen molar-refractivity contribution in [3.8, 4) is 0 Å². The third kappa shape index (κ3) is 2.65. The van der Waals surface area contributed by atoms with Crippen molar-refractivity contribution in [1.82, 2.24) is 10.3 Å². The van der Waals surface area contributed by atoms with Crippen molar-refractivity contribution < 1.29 is 9.21 Å². The van der Waals surface area contributed by atoms with E-state index < -0.39 is 0 Å². The minimum atomic E-state index is -0.230. The highest BCUT2D eigenvalue weighted by Crippen LogP contribution is 2.17. The summed E-state index contributed by atoms with van der Waals surface area (Å²) >= 11 is 1.86. The average Bonchev–Trinajstić information content (AvgIpc) is 2.66. The fraction of sp³-hybridized carbons (Fsp3) is 0.556. The van der Waals surface area contributed by atoms with Crippen molar-refractivity contribution in [2.75, 3.05) is 17.2 Å². The summed E-state index contributed by atoms with van der Waals surface area (Å²) in [6, 6.07) is 0.265. The average molecular weight is 227 g/mol. The Bertz CT molecular complexity index is 347. The Balaban J connectivity index is 1.91. The number of anilines is 1. The Morgan fingerprint density at radius 2 is 2.60 bits per heavy atom. The maximum atomic E-state index is 11.6. The fourth-order valence-corrected chi connectivity index (χ4v) is 2.58. The van der Waals surface area contributed by atoms with Crippen molar-refractivity contribution in [1.29, 1.82) is 0 Å². The molecule has 0 spiro atoms. The highest BCUT2D eigenvalue weighted by molar-refractivity contribution is 7.99. The van der Waals surface area contributed by atoms with Crippen LogP contribution in [0.5, 0.6) is 0 Å². The van der Waals surface area contributed by atoms with Gasteiger partial charge in [0.05, 0.1) is 6.20 Å². The predicted molar refractivity (Wildman–Crippen MR) is 58.7 cm³/mol. The number of nitrogen functional groups attached to an aromatic ring is 1. The summed E-state index contributed by atoms with van der Waals surface area (Å²) in [6.45, 7) is 0. The molecule has 5 nitrogen and oxygen atoms in total. The molecule has 1 aliphatic heterocycles. The zero-order chi connectivity index (χ0) is 10.7. The summed E-state index contributed by atoms with van der Waals surface area (Å²) in [5.41, 5.74) is 5.29. The molecular formula is C9H13N3O2S. The first kappa shape index (κ1) is 10.4. The molecule has 2 heterocycles. The molecule has 1 saturated heterocycles. The second-order valence-electron chi connectivity index (χ2n) is 3.45. The quantitative estimate of drug-likeness (QED) is 0.784. The molecule has 0 bridgehead atoms. The molecule has 0 aliphatic carbocycles. The van der Waals surface area contributed by atoms with E-state index in [1.54, 1.807) is 0 Å². The highest BCUT2D eigenvalue weighted by atomic mass is 32.2. The van der Waals surface area contributed by atoms with Gasteiger partial charge in [-0.3, -0.25) is 4.79 Å². The van der Waals surface area contributed by atoms with Crippen LogP contribution in [0.2, 0.25) is 0 Å². The van der Waals surface area contributed by atoms with Crippen molar-refractivity contribution >= 4 is 23.7 Å². The monoisotopic (exact) mass is 227 g/mol. The van der Waals surface area contributed by atoms with E-state index in [2.05, 4.69) is 10.3 Å². The number of carbonyl (C=O) groups is 1. The molecule has 15 heavy (non-hydrogen) atoms. The molecule has 0 radical (unpaired) electrons. The maximum absolute atomic E-state index is 11.6. The molecule has 1 aliphatic rings. The van der Waals surface area contributed by atoms with Crippen molar-refractivity contribution in [2.24, 2.45) is 0 Å². The molecule has 1 amide bonds. The third-order valence-corrected chi connectivity index (χ3v) is 3.46. The number of aromatic nitrogens is 1. The Labute approximate surface area is 91.8 Å². The predicted octanol–water partition coefficient (Wildman–Crippen LogP) is 0.882. The molecule has 1 aromatic rings. The lowest BCUT2D eigenvalue weighted by Crippen LogP contribution is -2.38. The molecule has 82 valence electrons. The SMILES string of the molecule is Nc1ncc(C(=O)NC2CCCSC2)o1. The first-order valence-corrected chi connectivity index (χ1v) is 6.01. The summed E-state index contributed by atoms with van der Waals surface area (Å²) in [5.74, 6) is 2.10. The van der Waals surface area contributed by atoms with Gasteiger partial charge in [0.15, 0.2) is 0 Å². The van der Waals surface area contributed by atoms with Gasteiger partial charge in [-0.1, -0.05) is 0 Å². The topological polar surface area (TPSA) is 81.1 Å². The van der Waals surface area contributed by atoms with E-state index in [0.29, 0.717) is 0 Å². The van der Waals surface area contributed by atoms with Crippen LogP contribution in [0.3, 0.4) is 0 Å². The number of amides is 1. The summed E-state index contributed by atoms with van der Waals surface area (Å²) in [4.78, 5) is 15.3. The van der Waals surface area contributed by atoms with Gasteiger partial charge in [0.2, 0.25) is 5.76 Å². The molecule has 1 unspecified atom stereocenters. The number of nitrogens with one attached hydrogen (secondary N) is 1. The van der Waals surface area contributed by atoms with Gasteiger partial charge >= 0.3 is 0 Å². The van der Waals surface area contributed by atoms with E-state index in [-0.39, 0.29) is 23.7 Å². The smallest absolute Gasteiger partial charge is 0.292 e. The standard InChI is InChI=1S/C9H13N3O2S/c10-9-11-4-7(14-9)8(13)12-6-2-1-3-15-5-6/h4,6H,1-3,5H2,(H2,10,11)(H,12,13). The fourth-order valence-electron chi connectivity index (χ4n) is 1.50. The van der Waals surface area contributed by atoms with E-state index >= 15 is 0 Å². The Morgan fingerprint density at radius 1 is 1.73 bits per heavy atom. The van der Waals surface area contributed by atoms with Gasteiger partial charge in [-0.2, -0.15) is 11.8 Å². The van der Waals surface area contributed by atoms with Gasteiger partial charge in [-0.15, -0.1) is 0 Å². The Kier molecular flexibility index (Phi) is 3.15. The maximum Gasteiger partial charge on any atom is 0.292 e. The number of hydrogen-bond donors (Lipinski definition) is 2. The van der Waals surface area contributed by atoms with Crippen LogP contribution in [-0.4, -0.2) is 28.4 Å². The summed E-state index contributed by atoms with van der Waals surface area (Å²) < 4.78 is 4.93. The van der Waals surface area contributed by atoms with Crippen LogP contribution >= 0.6 is 11.8 Å². The Morgan fingerprint density at radius 3 is 3.20 bits per heavy atom. The molecule has 1 fully saturated rings. The van der Waals surface area contributed by atoms with Crippen LogP contribution in [0.4, 0.5) is 6.01 Å². The van der Waals surface area contributed by atoms with Crippen molar-refractivity contribution in [2.45, 2.75) is 18.9 Å². The first-order valence-electron chi connectivity index (χ1n) is 4.85. The van der Waals surface area contributed by atoms with E-state index in [1.165, 1.54) is 11.9 Å². The van der Waals surface area contributed by atoms with Gasteiger partial charge in [-0.05, 0) is 18.6 Å². The minimum absolute atomic E-state index is 0.0261. The van der Waals surface area contributed by atoms with Gasteiger partial charge in [0, 0.05) is 11.8 Å². The summed E-state index contributed by atoms with van der Waals surface area (Å²) in [7, 11) is 0. The van der Waals surface area contributed by atoms with Crippen molar-refractivity contribution in [3.05, 3.63) is 12.0 Å². The Hall–Kier alpha value is -1.17. The number of rotatable bonds is 2. The highest BCUT2D eigenvalue weighted by Gasteiger charge is 2.19. The number of thioether (sulfide) groups is 1. The molecule has 1 aromatic heterocycles. The van der Waals surface area contributed by atoms with E-state index in [1.807, 2.05) is 11.8 Å². The third-order valence-electron chi connectivity index (χ3n) is 2.24. The molecule has 6 heteroatoms.